The fraction of sp³-hybridized carbons (Fsp3) is 0.421. The number of imide groups is 1. The normalized spacial score (nSPS) is 29.3. The molecule has 1 saturated carbocycles. The van der Waals surface area contributed by atoms with Crippen molar-refractivity contribution < 1.29 is 14.4 Å². The van der Waals surface area contributed by atoms with Gasteiger partial charge < -0.3 is 10.2 Å². The number of benzene rings is 1. The predicted molar refractivity (Wildman–Crippen MR) is 93.8 cm³/mol. The first-order chi connectivity index (χ1) is 12.0. The van der Waals surface area contributed by atoms with E-state index in [1.165, 1.54) is 0 Å². The Morgan fingerprint density at radius 3 is 2.16 bits per heavy atom. The van der Waals surface area contributed by atoms with Gasteiger partial charge in [-0.25, -0.2) is 0 Å². The Labute approximate surface area is 146 Å². The van der Waals surface area contributed by atoms with Crippen LogP contribution in [-0.4, -0.2) is 43.3 Å². The number of anilines is 2. The van der Waals surface area contributed by atoms with E-state index in [-0.39, 0.29) is 47.9 Å². The van der Waals surface area contributed by atoms with E-state index < -0.39 is 0 Å². The van der Waals surface area contributed by atoms with Crippen LogP contribution < -0.4 is 10.2 Å². The third-order valence-electron chi connectivity index (χ3n) is 5.53. The summed E-state index contributed by atoms with van der Waals surface area (Å²) in [6.45, 7) is -0.209. The second-order valence-electron chi connectivity index (χ2n) is 7.25. The average Bonchev–Trinajstić information content (AvgIpc) is 3.25. The first-order valence-electron chi connectivity index (χ1n) is 8.56. The van der Waals surface area contributed by atoms with Crippen LogP contribution in [0.4, 0.5) is 11.4 Å². The highest BCUT2D eigenvalue weighted by molar-refractivity contribution is 6.09. The number of allylic oxidation sites excluding steroid dienone is 2. The van der Waals surface area contributed by atoms with E-state index in [0.717, 1.165) is 17.0 Å². The number of fused-ring (bicyclic) bond motifs is 5. The fourth-order valence-corrected chi connectivity index (χ4v) is 4.31. The molecule has 4 atom stereocenters. The second-order valence-corrected chi connectivity index (χ2v) is 7.25. The van der Waals surface area contributed by atoms with Crippen LogP contribution in [0, 0.1) is 23.7 Å². The number of hydrogen-bond acceptors (Lipinski definition) is 4. The number of carbonyl (C=O) groups is 3. The monoisotopic (exact) mass is 339 g/mol. The molecule has 2 fully saturated rings. The molecule has 6 nitrogen and oxygen atoms in total. The van der Waals surface area contributed by atoms with Crippen molar-refractivity contribution in [2.75, 3.05) is 30.9 Å². The van der Waals surface area contributed by atoms with Crippen LogP contribution in [0.1, 0.15) is 6.42 Å². The highest BCUT2D eigenvalue weighted by Gasteiger charge is 2.59. The van der Waals surface area contributed by atoms with Crippen LogP contribution in [0.15, 0.2) is 36.4 Å². The molecule has 130 valence electrons. The number of nitrogens with zero attached hydrogens (tertiary/aromatic N) is 2. The number of carbonyl (C=O) groups excluding carboxylic acids is 3. The van der Waals surface area contributed by atoms with Gasteiger partial charge in [-0.05, 0) is 42.5 Å². The molecule has 25 heavy (non-hydrogen) atoms. The molecular formula is C19H21N3O3. The summed E-state index contributed by atoms with van der Waals surface area (Å²) in [7, 11) is 3.88. The third kappa shape index (κ3) is 2.52. The molecule has 1 aromatic carbocycles. The first kappa shape index (κ1) is 15.9. The maximum absolute atomic E-state index is 12.6. The Kier molecular flexibility index (Phi) is 3.63. The molecule has 1 aliphatic heterocycles. The Morgan fingerprint density at radius 1 is 1.08 bits per heavy atom. The maximum Gasteiger partial charge on any atom is 0.244 e. The summed E-state index contributed by atoms with van der Waals surface area (Å²) in [6.07, 6.45) is 4.99. The Hall–Kier alpha value is -2.63. The number of amides is 3. The van der Waals surface area contributed by atoms with Gasteiger partial charge >= 0.3 is 0 Å². The van der Waals surface area contributed by atoms with Crippen molar-refractivity contribution in [3.8, 4) is 0 Å². The van der Waals surface area contributed by atoms with Crippen molar-refractivity contribution in [2.45, 2.75) is 6.42 Å². The molecule has 6 heteroatoms. The van der Waals surface area contributed by atoms with E-state index in [2.05, 4.69) is 5.32 Å². The van der Waals surface area contributed by atoms with Crippen LogP contribution in [-0.2, 0) is 14.4 Å². The van der Waals surface area contributed by atoms with Crippen LogP contribution >= 0.6 is 0 Å². The molecule has 1 aromatic rings. The van der Waals surface area contributed by atoms with E-state index in [9.17, 15) is 14.4 Å². The lowest BCUT2D eigenvalue weighted by molar-refractivity contribution is -0.143. The van der Waals surface area contributed by atoms with Gasteiger partial charge in [-0.1, -0.05) is 12.2 Å². The summed E-state index contributed by atoms with van der Waals surface area (Å²) in [6, 6.07) is 7.41. The molecule has 4 unspecified atom stereocenters. The third-order valence-corrected chi connectivity index (χ3v) is 5.53. The summed E-state index contributed by atoms with van der Waals surface area (Å²) in [4.78, 5) is 40.6. The molecule has 0 spiro atoms. The highest BCUT2D eigenvalue weighted by Crippen LogP contribution is 2.52. The molecule has 0 radical (unpaired) electrons. The summed E-state index contributed by atoms with van der Waals surface area (Å²) in [5, 5.41) is 2.76. The van der Waals surface area contributed by atoms with Crippen molar-refractivity contribution in [2.24, 2.45) is 23.7 Å². The molecule has 1 saturated heterocycles. The lowest BCUT2D eigenvalue weighted by Gasteiger charge is -2.17. The molecule has 2 aliphatic carbocycles. The van der Waals surface area contributed by atoms with Gasteiger partial charge in [0, 0.05) is 25.5 Å². The number of nitrogens with one attached hydrogen (secondary N) is 1. The zero-order chi connectivity index (χ0) is 17.7. The van der Waals surface area contributed by atoms with Crippen molar-refractivity contribution in [1.29, 1.82) is 0 Å². The van der Waals surface area contributed by atoms with Gasteiger partial charge in [-0.15, -0.1) is 0 Å². The SMILES string of the molecule is CN(C)c1ccc(NC(=O)CN2C(=O)C3C4C=CC(C4)C3C2=O)cc1. The molecule has 1 N–H and O–H groups in total. The standard InChI is InChI=1S/C19H21N3O3/c1-21(2)14-7-5-13(6-8-14)20-15(23)10-22-18(24)16-11-3-4-12(9-11)17(16)19(22)25/h3-8,11-12,16-17H,9-10H2,1-2H3,(H,20,23). The van der Waals surface area contributed by atoms with Gasteiger partial charge in [0.15, 0.2) is 0 Å². The molecule has 3 aliphatic rings. The van der Waals surface area contributed by atoms with E-state index in [4.69, 9.17) is 0 Å². The van der Waals surface area contributed by atoms with Crippen molar-refractivity contribution in [3.63, 3.8) is 0 Å². The zero-order valence-corrected chi connectivity index (χ0v) is 14.3. The number of rotatable bonds is 4. The topological polar surface area (TPSA) is 69.7 Å². The van der Waals surface area contributed by atoms with E-state index in [0.29, 0.717) is 5.69 Å². The van der Waals surface area contributed by atoms with Gasteiger partial charge in [0.05, 0.1) is 11.8 Å². The van der Waals surface area contributed by atoms with Crippen LogP contribution in [0.25, 0.3) is 0 Å². The zero-order valence-electron chi connectivity index (χ0n) is 14.3. The minimum atomic E-state index is -0.348. The summed E-state index contributed by atoms with van der Waals surface area (Å²) in [5.74, 6) is -0.907. The van der Waals surface area contributed by atoms with Gasteiger partial charge in [0.25, 0.3) is 0 Å². The molecule has 2 bridgehead atoms. The quantitative estimate of drug-likeness (QED) is 0.667. The van der Waals surface area contributed by atoms with Gasteiger partial charge in [-0.2, -0.15) is 0 Å². The van der Waals surface area contributed by atoms with Gasteiger partial charge in [0.2, 0.25) is 17.7 Å². The van der Waals surface area contributed by atoms with Crippen LogP contribution in [0.5, 0.6) is 0 Å². The van der Waals surface area contributed by atoms with Gasteiger partial charge in [0.1, 0.15) is 6.54 Å². The van der Waals surface area contributed by atoms with E-state index in [1.54, 1.807) is 12.1 Å². The van der Waals surface area contributed by atoms with E-state index in [1.807, 2.05) is 43.3 Å². The highest BCUT2D eigenvalue weighted by atomic mass is 16.2. The van der Waals surface area contributed by atoms with Crippen LogP contribution in [0.3, 0.4) is 0 Å². The first-order valence-corrected chi connectivity index (χ1v) is 8.56. The molecule has 0 aromatic heterocycles. The lowest BCUT2D eigenvalue weighted by atomic mass is 9.85. The van der Waals surface area contributed by atoms with Crippen molar-refractivity contribution >= 4 is 29.1 Å². The lowest BCUT2D eigenvalue weighted by Crippen LogP contribution is -2.39. The average molecular weight is 339 g/mol. The molecular weight excluding hydrogens is 318 g/mol. The molecule has 3 amide bonds. The van der Waals surface area contributed by atoms with Crippen LogP contribution in [0.2, 0.25) is 0 Å². The minimum absolute atomic E-state index is 0.165. The largest absolute Gasteiger partial charge is 0.378 e. The fourth-order valence-electron chi connectivity index (χ4n) is 4.31. The van der Waals surface area contributed by atoms with Crippen molar-refractivity contribution in [1.82, 2.24) is 4.90 Å². The summed E-state index contributed by atoms with van der Waals surface area (Å²) < 4.78 is 0. The van der Waals surface area contributed by atoms with Crippen molar-refractivity contribution in [3.05, 3.63) is 36.4 Å². The Bertz CT molecular complexity index is 739. The molecule has 4 rings (SSSR count). The predicted octanol–water partition coefficient (Wildman–Crippen LogP) is 1.50. The Morgan fingerprint density at radius 2 is 1.64 bits per heavy atom. The number of likely N-dealkylation sites (tertiary alicyclic amines) is 1. The Balaban J connectivity index is 1.41. The number of hydrogen-bond donors (Lipinski definition) is 1. The van der Waals surface area contributed by atoms with Gasteiger partial charge in [-0.3, -0.25) is 19.3 Å². The minimum Gasteiger partial charge on any atom is -0.378 e. The second kappa shape index (κ2) is 5.72. The summed E-state index contributed by atoms with van der Waals surface area (Å²) >= 11 is 0. The molecule has 1 heterocycles. The smallest absolute Gasteiger partial charge is 0.244 e. The summed E-state index contributed by atoms with van der Waals surface area (Å²) in [5.41, 5.74) is 1.68. The van der Waals surface area contributed by atoms with E-state index >= 15 is 0 Å². The maximum atomic E-state index is 12.6.